The Hall–Kier alpha value is -2.64. The van der Waals surface area contributed by atoms with Crippen LogP contribution in [0.15, 0.2) is 41.3 Å². The fraction of sp³-hybridized carbons (Fsp3) is 0.391. The minimum Gasteiger partial charge on any atom is -0.507 e. The number of hydrogen-bond acceptors (Lipinski definition) is 6. The van der Waals surface area contributed by atoms with E-state index in [0.29, 0.717) is 24.4 Å². The summed E-state index contributed by atoms with van der Waals surface area (Å²) < 4.78 is 5.65. The number of aryl methyl sites for hydroxylation is 1. The predicted molar refractivity (Wildman–Crippen MR) is 119 cm³/mol. The highest BCUT2D eigenvalue weighted by atomic mass is 32.1. The minimum atomic E-state index is -0.647. The van der Waals surface area contributed by atoms with Crippen LogP contribution >= 0.6 is 11.3 Å². The highest BCUT2D eigenvalue weighted by Crippen LogP contribution is 2.42. The molecule has 1 saturated heterocycles. The molecule has 1 aliphatic rings. The molecule has 0 spiro atoms. The van der Waals surface area contributed by atoms with Crippen molar-refractivity contribution in [3.05, 3.63) is 57.3 Å². The topological polar surface area (TPSA) is 70.1 Å². The molecule has 0 aliphatic carbocycles. The Morgan fingerprint density at radius 1 is 1.20 bits per heavy atom. The quantitative estimate of drug-likeness (QED) is 0.412. The van der Waals surface area contributed by atoms with Crippen LogP contribution in [0, 0.1) is 6.92 Å². The predicted octanol–water partition coefficient (Wildman–Crippen LogP) is 3.83. The molecule has 1 aromatic heterocycles. The Morgan fingerprint density at radius 3 is 2.40 bits per heavy atom. The number of ketones is 1. The van der Waals surface area contributed by atoms with Gasteiger partial charge in [0.25, 0.3) is 11.7 Å². The van der Waals surface area contributed by atoms with Crippen molar-refractivity contribution in [2.45, 2.75) is 32.9 Å². The van der Waals surface area contributed by atoms with E-state index in [0.717, 1.165) is 10.4 Å². The zero-order valence-corrected chi connectivity index (χ0v) is 18.8. The lowest BCUT2D eigenvalue weighted by Crippen LogP contribution is -2.35. The number of thiophene rings is 1. The first-order chi connectivity index (χ1) is 14.2. The first-order valence-electron chi connectivity index (χ1n) is 9.95. The molecule has 1 fully saturated rings. The molecule has 1 unspecified atom stereocenters. The molecule has 1 N–H and O–H groups in total. The minimum absolute atomic E-state index is 0.0354. The number of benzene rings is 1. The number of aliphatic hydroxyl groups is 1. The second kappa shape index (κ2) is 9.02. The number of amides is 1. The molecule has 160 valence electrons. The number of rotatable bonds is 7. The lowest BCUT2D eigenvalue weighted by atomic mass is 9.98. The highest BCUT2D eigenvalue weighted by Gasteiger charge is 2.46. The van der Waals surface area contributed by atoms with Crippen LogP contribution in [0.3, 0.4) is 0 Å². The monoisotopic (exact) mass is 428 g/mol. The van der Waals surface area contributed by atoms with Gasteiger partial charge in [0.1, 0.15) is 11.5 Å². The van der Waals surface area contributed by atoms with Crippen LogP contribution < -0.4 is 4.74 Å². The van der Waals surface area contributed by atoms with E-state index >= 15 is 0 Å². The van der Waals surface area contributed by atoms with Gasteiger partial charge in [-0.05, 0) is 76.1 Å². The van der Waals surface area contributed by atoms with Crippen LogP contribution in [0.4, 0.5) is 0 Å². The number of carbonyl (C=O) groups is 2. The van der Waals surface area contributed by atoms with Crippen LogP contribution in [0.25, 0.3) is 5.76 Å². The van der Waals surface area contributed by atoms with Crippen molar-refractivity contribution in [1.82, 2.24) is 9.80 Å². The van der Waals surface area contributed by atoms with Crippen molar-refractivity contribution in [2.75, 3.05) is 27.2 Å². The van der Waals surface area contributed by atoms with E-state index in [1.807, 2.05) is 51.2 Å². The molecule has 2 heterocycles. The largest absolute Gasteiger partial charge is 0.507 e. The van der Waals surface area contributed by atoms with E-state index in [4.69, 9.17) is 4.74 Å². The maximum atomic E-state index is 13.0. The Balaban J connectivity index is 2.06. The molecule has 0 radical (unpaired) electrons. The van der Waals surface area contributed by atoms with Crippen LogP contribution in [0.1, 0.15) is 35.9 Å². The Bertz CT molecular complexity index is 960. The molecular formula is C23H28N2O4S. The van der Waals surface area contributed by atoms with Gasteiger partial charge in [-0.15, -0.1) is 11.3 Å². The average Bonchev–Trinajstić information content (AvgIpc) is 3.21. The van der Waals surface area contributed by atoms with Gasteiger partial charge in [-0.3, -0.25) is 9.59 Å². The van der Waals surface area contributed by atoms with Gasteiger partial charge in [0, 0.05) is 23.5 Å². The molecule has 6 nitrogen and oxygen atoms in total. The summed E-state index contributed by atoms with van der Waals surface area (Å²) in [6.45, 7) is 6.85. The third kappa shape index (κ3) is 4.42. The molecule has 0 saturated carbocycles. The lowest BCUT2D eigenvalue weighted by Gasteiger charge is -2.26. The Morgan fingerprint density at radius 2 is 1.87 bits per heavy atom. The normalized spacial score (nSPS) is 18.6. The maximum Gasteiger partial charge on any atom is 0.295 e. The number of ether oxygens (including phenoxy) is 1. The van der Waals surface area contributed by atoms with E-state index in [-0.39, 0.29) is 17.4 Å². The summed E-state index contributed by atoms with van der Waals surface area (Å²) in [5, 5.41) is 13.0. The number of likely N-dealkylation sites (tertiary alicyclic amines) is 1. The first-order valence-corrected chi connectivity index (χ1v) is 10.8. The molecular weight excluding hydrogens is 400 g/mol. The smallest absolute Gasteiger partial charge is 0.295 e. The molecule has 30 heavy (non-hydrogen) atoms. The third-order valence-corrected chi connectivity index (χ3v) is 6.05. The van der Waals surface area contributed by atoms with E-state index in [9.17, 15) is 14.7 Å². The molecule has 7 heteroatoms. The lowest BCUT2D eigenvalue weighted by molar-refractivity contribution is -0.140. The van der Waals surface area contributed by atoms with Crippen LogP contribution in [0.5, 0.6) is 5.75 Å². The van der Waals surface area contributed by atoms with Gasteiger partial charge >= 0.3 is 0 Å². The van der Waals surface area contributed by atoms with Crippen molar-refractivity contribution in [1.29, 1.82) is 0 Å². The first kappa shape index (κ1) is 22.1. The van der Waals surface area contributed by atoms with E-state index in [1.165, 1.54) is 11.3 Å². The molecule has 0 bridgehead atoms. The number of likely N-dealkylation sites (N-methyl/N-ethyl adjacent to an activating group) is 1. The summed E-state index contributed by atoms with van der Waals surface area (Å²) in [4.78, 5) is 30.2. The summed E-state index contributed by atoms with van der Waals surface area (Å²) in [5.74, 6) is -0.698. The van der Waals surface area contributed by atoms with E-state index < -0.39 is 17.7 Å². The van der Waals surface area contributed by atoms with Gasteiger partial charge in [-0.2, -0.15) is 0 Å². The van der Waals surface area contributed by atoms with Gasteiger partial charge in [0.2, 0.25) is 0 Å². The van der Waals surface area contributed by atoms with Crippen LogP contribution in [-0.2, 0) is 9.59 Å². The SMILES string of the molecule is Cc1ccsc1C1/C(=C(/O)c2ccc(OC(C)C)cc2)C(=O)C(=O)N1CCN(C)C. The van der Waals surface area contributed by atoms with Gasteiger partial charge in [-0.1, -0.05) is 0 Å². The number of hydrogen-bond donors (Lipinski definition) is 1. The highest BCUT2D eigenvalue weighted by molar-refractivity contribution is 7.10. The molecule has 3 rings (SSSR count). The summed E-state index contributed by atoms with van der Waals surface area (Å²) in [6, 6.07) is 8.29. The second-order valence-electron chi connectivity index (χ2n) is 7.95. The fourth-order valence-electron chi connectivity index (χ4n) is 3.47. The maximum absolute atomic E-state index is 13.0. The summed E-state index contributed by atoms with van der Waals surface area (Å²) in [5.41, 5.74) is 1.62. The van der Waals surface area contributed by atoms with Crippen LogP contribution in [-0.4, -0.2) is 59.9 Å². The zero-order chi connectivity index (χ0) is 22.0. The second-order valence-corrected chi connectivity index (χ2v) is 8.90. The summed E-state index contributed by atoms with van der Waals surface area (Å²) in [7, 11) is 3.84. The van der Waals surface area contributed by atoms with Gasteiger partial charge in [0.05, 0.1) is 17.7 Å². The van der Waals surface area contributed by atoms with Crippen molar-refractivity contribution in [2.24, 2.45) is 0 Å². The summed E-state index contributed by atoms with van der Waals surface area (Å²) >= 11 is 1.49. The Labute approximate surface area is 181 Å². The molecule has 1 aliphatic heterocycles. The molecule has 1 amide bonds. The number of aliphatic hydroxyl groups excluding tert-OH is 1. The van der Waals surface area contributed by atoms with Crippen molar-refractivity contribution in [3.63, 3.8) is 0 Å². The van der Waals surface area contributed by atoms with Gasteiger partial charge in [0.15, 0.2) is 0 Å². The Kier molecular flexibility index (Phi) is 6.63. The summed E-state index contributed by atoms with van der Waals surface area (Å²) in [6.07, 6.45) is 0.0354. The van der Waals surface area contributed by atoms with Gasteiger partial charge < -0.3 is 19.6 Å². The van der Waals surface area contributed by atoms with E-state index in [2.05, 4.69) is 0 Å². The molecule has 1 atom stereocenters. The van der Waals surface area contributed by atoms with Crippen molar-refractivity contribution >= 4 is 28.8 Å². The molecule has 1 aromatic carbocycles. The number of carbonyl (C=O) groups excluding carboxylic acids is 2. The fourth-order valence-corrected chi connectivity index (χ4v) is 4.52. The average molecular weight is 429 g/mol. The number of Topliss-reactive ketones (excluding diaryl/α,β-unsaturated/α-hetero) is 1. The molecule has 2 aromatic rings. The van der Waals surface area contributed by atoms with Crippen molar-refractivity contribution in [3.8, 4) is 5.75 Å². The standard InChI is InChI=1S/C23H28N2O4S/c1-14(2)29-17-8-6-16(7-9-17)20(26)18-19(22-15(3)10-13-30-22)25(12-11-24(4)5)23(28)21(18)27/h6-10,13-14,19,26H,11-12H2,1-5H3/b20-18-. The zero-order valence-electron chi connectivity index (χ0n) is 18.0. The van der Waals surface area contributed by atoms with Crippen LogP contribution in [0.2, 0.25) is 0 Å². The third-order valence-electron chi connectivity index (χ3n) is 4.98. The van der Waals surface area contributed by atoms with E-state index in [1.54, 1.807) is 29.2 Å². The van der Waals surface area contributed by atoms with Crippen molar-refractivity contribution < 1.29 is 19.4 Å². The van der Waals surface area contributed by atoms with Gasteiger partial charge in [-0.25, -0.2) is 0 Å². The number of nitrogens with zero attached hydrogens (tertiary/aromatic N) is 2.